The first-order valence-electron chi connectivity index (χ1n) is 9.25. The number of fused-ring (bicyclic) bond motifs is 1. The molecule has 0 aliphatic carbocycles. The molecule has 3 heterocycles. The van der Waals surface area contributed by atoms with Gasteiger partial charge in [0.1, 0.15) is 17.0 Å². The standard InChI is InChI=1S/C21H19N5O4S/c1-28-15-8-6-9-16-18(15)25-21(31-16)26(12-13-7-4-5-10-22-13)19(27)14-11-17(29-2)24-20(23-14)30-3/h4-11H,12H2,1-3H3. The van der Waals surface area contributed by atoms with E-state index >= 15 is 0 Å². The number of methoxy groups -OCH3 is 3. The van der Waals surface area contributed by atoms with Gasteiger partial charge in [-0.05, 0) is 24.3 Å². The number of benzene rings is 1. The smallest absolute Gasteiger partial charge is 0.320 e. The van der Waals surface area contributed by atoms with E-state index in [9.17, 15) is 4.79 Å². The van der Waals surface area contributed by atoms with Gasteiger partial charge in [-0.3, -0.25) is 14.7 Å². The number of anilines is 1. The molecule has 0 N–H and O–H groups in total. The Hall–Kier alpha value is -3.79. The zero-order valence-corrected chi connectivity index (χ0v) is 17.9. The molecule has 4 aromatic rings. The number of hydrogen-bond donors (Lipinski definition) is 0. The van der Waals surface area contributed by atoms with Crippen molar-refractivity contribution < 1.29 is 19.0 Å². The summed E-state index contributed by atoms with van der Waals surface area (Å²) in [6.45, 7) is 0.205. The second kappa shape index (κ2) is 8.92. The van der Waals surface area contributed by atoms with Gasteiger partial charge in [0.15, 0.2) is 5.13 Å². The number of aromatic nitrogens is 4. The number of thiazole rings is 1. The zero-order valence-electron chi connectivity index (χ0n) is 17.1. The van der Waals surface area contributed by atoms with Crippen molar-refractivity contribution >= 4 is 32.6 Å². The highest BCUT2D eigenvalue weighted by Crippen LogP contribution is 2.35. The molecule has 158 valence electrons. The van der Waals surface area contributed by atoms with E-state index in [2.05, 4.69) is 19.9 Å². The molecule has 0 atom stereocenters. The summed E-state index contributed by atoms with van der Waals surface area (Å²) in [4.78, 5) is 32.4. The molecule has 1 aromatic carbocycles. The molecule has 0 bridgehead atoms. The fourth-order valence-corrected chi connectivity index (χ4v) is 3.90. The zero-order chi connectivity index (χ0) is 21.8. The minimum absolute atomic E-state index is 0.0338. The second-order valence-electron chi connectivity index (χ2n) is 6.30. The van der Waals surface area contributed by atoms with Crippen molar-refractivity contribution in [2.45, 2.75) is 6.54 Å². The maximum atomic E-state index is 13.5. The molecule has 0 radical (unpaired) electrons. The molecule has 31 heavy (non-hydrogen) atoms. The van der Waals surface area contributed by atoms with E-state index in [-0.39, 0.29) is 30.0 Å². The molecule has 0 aliphatic rings. The largest absolute Gasteiger partial charge is 0.494 e. The van der Waals surface area contributed by atoms with Gasteiger partial charge >= 0.3 is 6.01 Å². The van der Waals surface area contributed by atoms with Crippen LogP contribution in [-0.4, -0.2) is 47.2 Å². The topological polar surface area (TPSA) is 99.6 Å². The molecule has 4 rings (SSSR count). The van der Waals surface area contributed by atoms with Crippen molar-refractivity contribution in [1.29, 1.82) is 0 Å². The van der Waals surface area contributed by atoms with Crippen molar-refractivity contribution in [2.24, 2.45) is 0 Å². The van der Waals surface area contributed by atoms with Gasteiger partial charge in [-0.1, -0.05) is 23.5 Å². The minimum atomic E-state index is -0.386. The molecule has 0 saturated heterocycles. The van der Waals surface area contributed by atoms with Crippen molar-refractivity contribution in [3.8, 4) is 17.6 Å². The van der Waals surface area contributed by atoms with E-state index in [4.69, 9.17) is 14.2 Å². The molecule has 9 nitrogen and oxygen atoms in total. The Labute approximate surface area is 182 Å². The van der Waals surface area contributed by atoms with Gasteiger partial charge in [0.2, 0.25) is 5.88 Å². The van der Waals surface area contributed by atoms with Crippen LogP contribution in [0, 0.1) is 0 Å². The highest BCUT2D eigenvalue weighted by atomic mass is 32.1. The van der Waals surface area contributed by atoms with Gasteiger partial charge in [-0.25, -0.2) is 4.98 Å². The number of amides is 1. The number of pyridine rings is 1. The van der Waals surface area contributed by atoms with Crippen LogP contribution in [0.15, 0.2) is 48.7 Å². The maximum absolute atomic E-state index is 13.5. The molecular formula is C21H19N5O4S. The van der Waals surface area contributed by atoms with E-state index in [1.807, 2.05) is 36.4 Å². The summed E-state index contributed by atoms with van der Waals surface area (Å²) in [5.41, 5.74) is 1.50. The van der Waals surface area contributed by atoms with Crippen molar-refractivity contribution in [1.82, 2.24) is 19.9 Å². The summed E-state index contributed by atoms with van der Waals surface area (Å²) in [5.74, 6) is 0.470. The van der Waals surface area contributed by atoms with Gasteiger partial charge < -0.3 is 14.2 Å². The van der Waals surface area contributed by atoms with Gasteiger partial charge in [0, 0.05) is 12.3 Å². The van der Waals surface area contributed by atoms with Gasteiger partial charge in [0.25, 0.3) is 5.91 Å². The Morgan fingerprint density at radius 1 is 1.00 bits per heavy atom. The van der Waals surface area contributed by atoms with Crippen LogP contribution in [0.1, 0.15) is 16.2 Å². The average molecular weight is 437 g/mol. The number of hydrogen-bond acceptors (Lipinski definition) is 9. The quantitative estimate of drug-likeness (QED) is 0.434. The fraction of sp³-hybridized carbons (Fsp3) is 0.190. The number of rotatable bonds is 7. The van der Waals surface area contributed by atoms with Crippen molar-refractivity contribution in [2.75, 3.05) is 26.2 Å². The second-order valence-corrected chi connectivity index (χ2v) is 7.31. The lowest BCUT2D eigenvalue weighted by molar-refractivity contribution is 0.0978. The summed E-state index contributed by atoms with van der Waals surface area (Å²) in [5, 5.41) is 0.492. The number of nitrogens with zero attached hydrogens (tertiary/aromatic N) is 5. The van der Waals surface area contributed by atoms with E-state index in [0.717, 1.165) is 4.70 Å². The van der Waals surface area contributed by atoms with E-state index < -0.39 is 0 Å². The fourth-order valence-electron chi connectivity index (χ4n) is 2.92. The Kier molecular flexibility index (Phi) is 5.89. The van der Waals surface area contributed by atoms with E-state index in [1.54, 1.807) is 13.3 Å². The predicted molar refractivity (Wildman–Crippen MR) is 116 cm³/mol. The molecular weight excluding hydrogens is 418 g/mol. The molecule has 0 fully saturated rings. The first-order valence-corrected chi connectivity index (χ1v) is 10.1. The normalized spacial score (nSPS) is 10.7. The molecule has 10 heteroatoms. The van der Waals surface area contributed by atoms with Crippen molar-refractivity contribution in [3.63, 3.8) is 0 Å². The molecule has 0 saturated carbocycles. The summed E-state index contributed by atoms with van der Waals surface area (Å²) < 4.78 is 16.6. The highest BCUT2D eigenvalue weighted by Gasteiger charge is 2.25. The lowest BCUT2D eigenvalue weighted by Crippen LogP contribution is -2.31. The van der Waals surface area contributed by atoms with Crippen LogP contribution in [-0.2, 0) is 6.54 Å². The molecule has 1 amide bonds. The minimum Gasteiger partial charge on any atom is -0.494 e. The molecule has 0 unspecified atom stereocenters. The van der Waals surface area contributed by atoms with Crippen LogP contribution in [0.3, 0.4) is 0 Å². The molecule has 0 aliphatic heterocycles. The molecule has 0 spiro atoms. The third-order valence-corrected chi connectivity index (χ3v) is 5.45. The Morgan fingerprint density at radius 3 is 2.58 bits per heavy atom. The number of carbonyl (C=O) groups excluding carboxylic acids is 1. The summed E-state index contributed by atoms with van der Waals surface area (Å²) in [6, 6.07) is 12.7. The number of ether oxygens (including phenoxy) is 3. The van der Waals surface area contributed by atoms with E-state index in [1.165, 1.54) is 36.5 Å². The number of carbonyl (C=O) groups is 1. The van der Waals surface area contributed by atoms with Crippen molar-refractivity contribution in [3.05, 3.63) is 60.0 Å². The molecule has 3 aromatic heterocycles. The third-order valence-electron chi connectivity index (χ3n) is 4.41. The van der Waals surface area contributed by atoms with Gasteiger partial charge in [-0.2, -0.15) is 9.97 Å². The summed E-state index contributed by atoms with van der Waals surface area (Å²) >= 11 is 1.38. The van der Waals surface area contributed by atoms with Crippen LogP contribution in [0.25, 0.3) is 10.2 Å². The first-order chi connectivity index (χ1) is 15.1. The third kappa shape index (κ3) is 4.24. The Balaban J connectivity index is 1.81. The van der Waals surface area contributed by atoms with Crippen LogP contribution < -0.4 is 19.1 Å². The van der Waals surface area contributed by atoms with Gasteiger partial charge in [0.05, 0.1) is 38.3 Å². The average Bonchev–Trinajstić information content (AvgIpc) is 3.26. The monoisotopic (exact) mass is 437 g/mol. The van der Waals surface area contributed by atoms with Crippen LogP contribution in [0.2, 0.25) is 0 Å². The first kappa shape index (κ1) is 20.5. The van der Waals surface area contributed by atoms with Crippen LogP contribution in [0.4, 0.5) is 5.13 Å². The Morgan fingerprint density at radius 2 is 1.87 bits per heavy atom. The van der Waals surface area contributed by atoms with E-state index in [0.29, 0.717) is 22.1 Å². The Bertz CT molecular complexity index is 1190. The predicted octanol–water partition coefficient (Wildman–Crippen LogP) is 3.35. The van der Waals surface area contributed by atoms with Crippen LogP contribution in [0.5, 0.6) is 17.6 Å². The SMILES string of the molecule is COc1cc(C(=O)N(Cc2ccccn2)c2nc3c(OC)cccc3s2)nc(OC)n1. The van der Waals surface area contributed by atoms with Crippen LogP contribution >= 0.6 is 11.3 Å². The number of para-hydroxylation sites is 1. The summed E-state index contributed by atoms with van der Waals surface area (Å²) in [6.07, 6.45) is 1.68. The van der Waals surface area contributed by atoms with Gasteiger partial charge in [-0.15, -0.1) is 0 Å². The highest BCUT2D eigenvalue weighted by molar-refractivity contribution is 7.22. The summed E-state index contributed by atoms with van der Waals surface area (Å²) in [7, 11) is 4.47. The lowest BCUT2D eigenvalue weighted by atomic mass is 10.3. The maximum Gasteiger partial charge on any atom is 0.320 e. The lowest BCUT2D eigenvalue weighted by Gasteiger charge is -2.19.